The Morgan fingerprint density at radius 1 is 1.50 bits per heavy atom. The maximum absolute atomic E-state index is 10.4. The minimum absolute atomic E-state index is 0.0342. The molecule has 0 unspecified atom stereocenters. The molecule has 0 aliphatic heterocycles. The van der Waals surface area contributed by atoms with Gasteiger partial charge in [-0.1, -0.05) is 6.92 Å². The van der Waals surface area contributed by atoms with Gasteiger partial charge in [-0.15, -0.1) is 0 Å². The van der Waals surface area contributed by atoms with E-state index in [2.05, 4.69) is 4.99 Å². The summed E-state index contributed by atoms with van der Waals surface area (Å²) in [4.78, 5) is 3.92. The van der Waals surface area contributed by atoms with Crippen molar-refractivity contribution >= 4 is 15.9 Å². The van der Waals surface area contributed by atoms with Crippen LogP contribution in [-0.2, 0) is 10.0 Å². The zero-order valence-corrected chi connectivity index (χ0v) is 7.97. The molecular formula is C6H15N3O2S. The van der Waals surface area contributed by atoms with E-state index in [9.17, 15) is 8.42 Å². The molecule has 0 radical (unpaired) electrons. The minimum atomic E-state index is -3.34. The van der Waals surface area contributed by atoms with Gasteiger partial charge in [0.2, 0.25) is 10.0 Å². The van der Waals surface area contributed by atoms with E-state index in [1.165, 1.54) is 0 Å². The van der Waals surface area contributed by atoms with Crippen molar-refractivity contribution in [1.29, 1.82) is 0 Å². The second-order valence-electron chi connectivity index (χ2n) is 2.45. The summed E-state index contributed by atoms with van der Waals surface area (Å²) in [5.74, 6) is 0.512. The Balaban J connectivity index is 3.59. The normalized spacial score (nSPS) is 13.3. The monoisotopic (exact) mass is 193 g/mol. The van der Waals surface area contributed by atoms with Crippen LogP contribution in [0, 0.1) is 0 Å². The first kappa shape index (κ1) is 11.4. The highest BCUT2D eigenvalue weighted by molar-refractivity contribution is 7.89. The number of amidine groups is 1. The Bertz CT molecular complexity index is 246. The zero-order chi connectivity index (χ0) is 9.61. The molecular weight excluding hydrogens is 178 g/mol. The molecule has 0 aliphatic carbocycles. The smallest absolute Gasteiger partial charge is 0.209 e. The topological polar surface area (TPSA) is 98.5 Å². The Labute approximate surface area is 72.9 Å². The molecule has 0 fully saturated rings. The van der Waals surface area contributed by atoms with Gasteiger partial charge in [0.1, 0.15) is 0 Å². The molecule has 4 N–H and O–H groups in total. The number of nitrogens with zero attached hydrogens (tertiary/aromatic N) is 1. The van der Waals surface area contributed by atoms with Gasteiger partial charge in [-0.05, 0) is 6.42 Å². The van der Waals surface area contributed by atoms with Gasteiger partial charge < -0.3 is 5.73 Å². The molecule has 0 aromatic heterocycles. The average molecular weight is 193 g/mol. The number of hydrogen-bond donors (Lipinski definition) is 2. The molecule has 0 aliphatic rings. The number of rotatable bonds is 5. The molecule has 72 valence electrons. The predicted molar refractivity (Wildman–Crippen MR) is 49.4 cm³/mol. The maximum Gasteiger partial charge on any atom is 0.209 e. The number of hydrogen-bond acceptors (Lipinski definition) is 3. The molecule has 0 aromatic rings. The van der Waals surface area contributed by atoms with Gasteiger partial charge in [0.05, 0.1) is 11.6 Å². The van der Waals surface area contributed by atoms with Crippen molar-refractivity contribution in [3.63, 3.8) is 0 Å². The van der Waals surface area contributed by atoms with Gasteiger partial charge in [0.15, 0.2) is 0 Å². The number of nitrogens with two attached hydrogens (primary N) is 2. The van der Waals surface area contributed by atoms with Gasteiger partial charge in [0.25, 0.3) is 0 Å². The molecule has 0 saturated heterocycles. The highest BCUT2D eigenvalue weighted by atomic mass is 32.2. The molecule has 0 heterocycles. The molecule has 0 spiro atoms. The Hall–Kier alpha value is -0.620. The molecule has 0 aromatic carbocycles. The lowest BCUT2D eigenvalue weighted by Crippen LogP contribution is -2.17. The van der Waals surface area contributed by atoms with Crippen LogP contribution in [0.3, 0.4) is 0 Å². The van der Waals surface area contributed by atoms with Crippen LogP contribution >= 0.6 is 0 Å². The molecule has 0 rings (SSSR count). The van der Waals surface area contributed by atoms with E-state index in [1.807, 2.05) is 6.92 Å². The highest BCUT2D eigenvalue weighted by Gasteiger charge is 2.00. The van der Waals surface area contributed by atoms with Gasteiger partial charge in [-0.2, -0.15) is 0 Å². The second kappa shape index (κ2) is 5.10. The average Bonchev–Trinajstić information content (AvgIpc) is 1.96. The first-order valence-electron chi connectivity index (χ1n) is 3.75. The molecule has 0 bridgehead atoms. The van der Waals surface area contributed by atoms with E-state index >= 15 is 0 Å². The van der Waals surface area contributed by atoms with Crippen molar-refractivity contribution in [2.75, 3.05) is 12.3 Å². The lowest BCUT2D eigenvalue weighted by molar-refractivity contribution is 0.595. The first-order valence-corrected chi connectivity index (χ1v) is 5.46. The van der Waals surface area contributed by atoms with Crippen LogP contribution in [0.4, 0.5) is 0 Å². The van der Waals surface area contributed by atoms with Crippen molar-refractivity contribution in [2.45, 2.75) is 19.8 Å². The van der Waals surface area contributed by atoms with Gasteiger partial charge in [-0.3, -0.25) is 4.99 Å². The van der Waals surface area contributed by atoms with Crippen LogP contribution in [0.1, 0.15) is 19.8 Å². The largest absolute Gasteiger partial charge is 0.387 e. The molecule has 6 heteroatoms. The van der Waals surface area contributed by atoms with E-state index in [-0.39, 0.29) is 5.75 Å². The third kappa shape index (κ3) is 7.49. The number of sulfonamides is 1. The van der Waals surface area contributed by atoms with Crippen LogP contribution < -0.4 is 10.9 Å². The predicted octanol–water partition coefficient (Wildman–Crippen LogP) is -0.568. The third-order valence-corrected chi connectivity index (χ3v) is 2.12. The summed E-state index contributed by atoms with van der Waals surface area (Å²) < 4.78 is 20.9. The lowest BCUT2D eigenvalue weighted by Gasteiger charge is -1.96. The summed E-state index contributed by atoms with van der Waals surface area (Å²) in [6.45, 7) is 2.31. The van der Waals surface area contributed by atoms with Crippen molar-refractivity contribution < 1.29 is 8.42 Å². The SMILES string of the molecule is CCC(N)=NCCCS(N)(=O)=O. The van der Waals surface area contributed by atoms with Crippen LogP contribution in [0.15, 0.2) is 4.99 Å². The van der Waals surface area contributed by atoms with Crippen molar-refractivity contribution in [1.82, 2.24) is 0 Å². The number of aliphatic imine (C=N–C) groups is 1. The quantitative estimate of drug-likeness (QED) is 0.347. The van der Waals surface area contributed by atoms with Crippen LogP contribution in [-0.4, -0.2) is 26.6 Å². The summed E-state index contributed by atoms with van der Waals surface area (Å²) in [5, 5.41) is 4.78. The summed E-state index contributed by atoms with van der Waals surface area (Å²) in [7, 11) is -3.34. The fourth-order valence-corrected chi connectivity index (χ4v) is 1.13. The molecule has 0 saturated carbocycles. The first-order chi connectivity index (χ1) is 5.45. The lowest BCUT2D eigenvalue weighted by atomic mass is 10.4. The van der Waals surface area contributed by atoms with Gasteiger partial charge in [0, 0.05) is 13.0 Å². The van der Waals surface area contributed by atoms with Crippen LogP contribution in [0.25, 0.3) is 0 Å². The molecule has 12 heavy (non-hydrogen) atoms. The summed E-state index contributed by atoms with van der Waals surface area (Å²) >= 11 is 0. The summed E-state index contributed by atoms with van der Waals surface area (Å²) in [6, 6.07) is 0. The highest BCUT2D eigenvalue weighted by Crippen LogP contribution is 1.87. The van der Waals surface area contributed by atoms with Crippen molar-refractivity contribution in [3.05, 3.63) is 0 Å². The van der Waals surface area contributed by atoms with E-state index in [0.717, 1.165) is 0 Å². The minimum Gasteiger partial charge on any atom is -0.387 e. The van der Waals surface area contributed by atoms with E-state index in [4.69, 9.17) is 10.9 Å². The third-order valence-electron chi connectivity index (χ3n) is 1.26. The van der Waals surface area contributed by atoms with E-state index in [0.29, 0.717) is 25.2 Å². The maximum atomic E-state index is 10.4. The van der Waals surface area contributed by atoms with Crippen molar-refractivity contribution in [2.24, 2.45) is 15.9 Å². The second-order valence-corrected chi connectivity index (χ2v) is 4.18. The van der Waals surface area contributed by atoms with E-state index in [1.54, 1.807) is 0 Å². The van der Waals surface area contributed by atoms with E-state index < -0.39 is 10.0 Å². The molecule has 5 nitrogen and oxygen atoms in total. The van der Waals surface area contributed by atoms with Gasteiger partial charge in [-0.25, -0.2) is 13.6 Å². The Morgan fingerprint density at radius 2 is 2.08 bits per heavy atom. The molecule has 0 amide bonds. The van der Waals surface area contributed by atoms with Crippen LogP contribution in [0.2, 0.25) is 0 Å². The molecule has 0 atom stereocenters. The summed E-state index contributed by atoms with van der Waals surface area (Å²) in [6.07, 6.45) is 1.12. The Kier molecular flexibility index (Phi) is 4.84. The van der Waals surface area contributed by atoms with Crippen molar-refractivity contribution in [3.8, 4) is 0 Å². The zero-order valence-electron chi connectivity index (χ0n) is 7.16. The summed E-state index contributed by atoms with van der Waals surface area (Å²) in [5.41, 5.74) is 5.39. The fraction of sp³-hybridized carbons (Fsp3) is 0.833. The van der Waals surface area contributed by atoms with Gasteiger partial charge >= 0.3 is 0 Å². The fourth-order valence-electron chi connectivity index (χ4n) is 0.600. The number of primary sulfonamides is 1. The Morgan fingerprint density at radius 3 is 2.50 bits per heavy atom. The van der Waals surface area contributed by atoms with Crippen LogP contribution in [0.5, 0.6) is 0 Å². The standard InChI is InChI=1S/C6H15N3O2S/c1-2-6(7)9-4-3-5-12(8,10)11/h2-5H2,1H3,(H2,7,9)(H2,8,10,11).